The van der Waals surface area contributed by atoms with Crippen LogP contribution in [0.15, 0.2) is 18.2 Å². The van der Waals surface area contributed by atoms with Gasteiger partial charge < -0.3 is 4.90 Å². The molecule has 0 aliphatic carbocycles. The maximum atomic E-state index is 11.2. The van der Waals surface area contributed by atoms with Crippen molar-refractivity contribution in [2.45, 2.75) is 26.3 Å². The Morgan fingerprint density at radius 1 is 1.19 bits per heavy atom. The first-order chi connectivity index (χ1) is 9.82. The van der Waals surface area contributed by atoms with E-state index >= 15 is 0 Å². The highest BCUT2D eigenvalue weighted by Gasteiger charge is 2.28. The Balaban J connectivity index is 2.20. The van der Waals surface area contributed by atoms with E-state index in [0.717, 1.165) is 26.2 Å². The standard InChI is InChI=1S/C15H21N3O3/c1-15(2,3)17-8-6-16(7-9-17)13-5-4-12(11-19)10-14(13)18(20)21/h4-5,10-11H,6-9H2,1-3H3. The van der Waals surface area contributed by atoms with Crippen molar-refractivity contribution in [2.75, 3.05) is 31.1 Å². The van der Waals surface area contributed by atoms with Crippen molar-refractivity contribution < 1.29 is 9.72 Å². The molecule has 1 aliphatic rings. The summed E-state index contributed by atoms with van der Waals surface area (Å²) in [7, 11) is 0. The van der Waals surface area contributed by atoms with Crippen molar-refractivity contribution in [3.05, 3.63) is 33.9 Å². The first-order valence-electron chi connectivity index (χ1n) is 7.06. The van der Waals surface area contributed by atoms with Gasteiger partial charge in [-0.05, 0) is 32.9 Å². The van der Waals surface area contributed by atoms with Gasteiger partial charge in [0.1, 0.15) is 12.0 Å². The SMILES string of the molecule is CC(C)(C)N1CCN(c2ccc(C=O)cc2[N+](=O)[O-])CC1. The number of carbonyl (C=O) groups excluding carboxylic acids is 1. The molecule has 0 saturated carbocycles. The number of hydrogen-bond donors (Lipinski definition) is 0. The highest BCUT2D eigenvalue weighted by atomic mass is 16.6. The zero-order chi connectivity index (χ0) is 15.6. The van der Waals surface area contributed by atoms with Crippen LogP contribution >= 0.6 is 0 Å². The molecule has 1 aliphatic heterocycles. The normalized spacial score (nSPS) is 16.8. The molecule has 0 bridgehead atoms. The van der Waals surface area contributed by atoms with Gasteiger partial charge in [-0.25, -0.2) is 0 Å². The van der Waals surface area contributed by atoms with Crippen molar-refractivity contribution in [3.63, 3.8) is 0 Å². The van der Waals surface area contributed by atoms with E-state index in [1.54, 1.807) is 12.1 Å². The van der Waals surface area contributed by atoms with Gasteiger partial charge in [-0.2, -0.15) is 0 Å². The third-order valence-corrected chi connectivity index (χ3v) is 3.90. The lowest BCUT2D eigenvalue weighted by molar-refractivity contribution is -0.384. The van der Waals surface area contributed by atoms with Crippen molar-refractivity contribution in [2.24, 2.45) is 0 Å². The lowest BCUT2D eigenvalue weighted by Gasteiger charge is -2.42. The monoisotopic (exact) mass is 291 g/mol. The van der Waals surface area contributed by atoms with Crippen LogP contribution < -0.4 is 4.90 Å². The summed E-state index contributed by atoms with van der Waals surface area (Å²) in [5.41, 5.74) is 1.04. The van der Waals surface area contributed by atoms with Gasteiger partial charge in [-0.15, -0.1) is 0 Å². The number of piperazine rings is 1. The van der Waals surface area contributed by atoms with Gasteiger partial charge in [0.05, 0.1) is 4.92 Å². The van der Waals surface area contributed by atoms with Crippen LogP contribution in [0, 0.1) is 10.1 Å². The Morgan fingerprint density at radius 2 is 1.81 bits per heavy atom. The molecule has 6 heteroatoms. The minimum Gasteiger partial charge on any atom is -0.363 e. The van der Waals surface area contributed by atoms with Gasteiger partial charge in [-0.3, -0.25) is 19.8 Å². The molecule has 0 aromatic heterocycles. The Labute approximate surface area is 124 Å². The van der Waals surface area contributed by atoms with Crippen molar-refractivity contribution in [1.82, 2.24) is 4.90 Å². The van der Waals surface area contributed by atoms with Crippen molar-refractivity contribution >= 4 is 17.7 Å². The Kier molecular flexibility index (Phi) is 4.27. The van der Waals surface area contributed by atoms with Crippen molar-refractivity contribution in [1.29, 1.82) is 0 Å². The number of hydrogen-bond acceptors (Lipinski definition) is 5. The molecule has 0 unspecified atom stereocenters. The molecule has 2 rings (SSSR count). The molecule has 6 nitrogen and oxygen atoms in total. The van der Waals surface area contributed by atoms with Gasteiger partial charge in [0.25, 0.3) is 5.69 Å². The van der Waals surface area contributed by atoms with E-state index in [1.807, 2.05) is 4.90 Å². The number of carbonyl (C=O) groups is 1. The summed E-state index contributed by atoms with van der Waals surface area (Å²) in [6.45, 7) is 9.75. The van der Waals surface area contributed by atoms with E-state index in [2.05, 4.69) is 25.7 Å². The molecule has 114 valence electrons. The van der Waals surface area contributed by atoms with E-state index < -0.39 is 4.92 Å². The number of rotatable bonds is 3. The van der Waals surface area contributed by atoms with Gasteiger partial charge in [0.2, 0.25) is 0 Å². The molecule has 1 aromatic carbocycles. The molecule has 0 amide bonds. The summed E-state index contributed by atoms with van der Waals surface area (Å²) >= 11 is 0. The maximum Gasteiger partial charge on any atom is 0.293 e. The molecule has 0 atom stereocenters. The number of nitro groups is 1. The summed E-state index contributed by atoms with van der Waals surface area (Å²) in [6, 6.07) is 4.65. The summed E-state index contributed by atoms with van der Waals surface area (Å²) < 4.78 is 0. The molecular weight excluding hydrogens is 270 g/mol. The van der Waals surface area contributed by atoms with Gasteiger partial charge >= 0.3 is 0 Å². The number of benzene rings is 1. The molecule has 0 spiro atoms. The van der Waals surface area contributed by atoms with Crippen LogP contribution in [0.5, 0.6) is 0 Å². The number of anilines is 1. The third-order valence-electron chi connectivity index (χ3n) is 3.90. The smallest absolute Gasteiger partial charge is 0.293 e. The van der Waals surface area contributed by atoms with Crippen LogP contribution in [0.4, 0.5) is 11.4 Å². The fraction of sp³-hybridized carbons (Fsp3) is 0.533. The largest absolute Gasteiger partial charge is 0.363 e. The summed E-state index contributed by atoms with van der Waals surface area (Å²) in [4.78, 5) is 26.0. The summed E-state index contributed by atoms with van der Waals surface area (Å²) in [5, 5.41) is 11.2. The number of nitrogens with zero attached hydrogens (tertiary/aromatic N) is 3. The second-order valence-corrected chi connectivity index (χ2v) is 6.27. The molecule has 1 heterocycles. The Hall–Kier alpha value is -1.95. The van der Waals surface area contributed by atoms with Gasteiger partial charge in [-0.1, -0.05) is 0 Å². The predicted octanol–water partition coefficient (Wildman–Crippen LogP) is 2.33. The fourth-order valence-corrected chi connectivity index (χ4v) is 2.65. The van der Waals surface area contributed by atoms with Crippen LogP contribution in [0.2, 0.25) is 0 Å². The van der Waals surface area contributed by atoms with E-state index in [4.69, 9.17) is 0 Å². The summed E-state index contributed by atoms with van der Waals surface area (Å²) in [5.74, 6) is 0. The van der Waals surface area contributed by atoms with E-state index in [1.165, 1.54) is 6.07 Å². The van der Waals surface area contributed by atoms with Gasteiger partial charge in [0.15, 0.2) is 0 Å². The van der Waals surface area contributed by atoms with Crippen LogP contribution in [-0.4, -0.2) is 47.8 Å². The fourth-order valence-electron chi connectivity index (χ4n) is 2.65. The maximum absolute atomic E-state index is 11.2. The lowest BCUT2D eigenvalue weighted by atomic mass is 10.0. The highest BCUT2D eigenvalue weighted by molar-refractivity contribution is 5.79. The average molecular weight is 291 g/mol. The highest BCUT2D eigenvalue weighted by Crippen LogP contribution is 2.30. The zero-order valence-corrected chi connectivity index (χ0v) is 12.7. The van der Waals surface area contributed by atoms with Crippen LogP contribution in [-0.2, 0) is 0 Å². The molecule has 21 heavy (non-hydrogen) atoms. The Morgan fingerprint density at radius 3 is 2.29 bits per heavy atom. The second-order valence-electron chi connectivity index (χ2n) is 6.27. The predicted molar refractivity (Wildman–Crippen MR) is 82.0 cm³/mol. The lowest BCUT2D eigenvalue weighted by Crippen LogP contribution is -2.53. The van der Waals surface area contributed by atoms with Crippen LogP contribution in [0.3, 0.4) is 0 Å². The number of nitro benzene ring substituents is 1. The van der Waals surface area contributed by atoms with E-state index in [9.17, 15) is 14.9 Å². The zero-order valence-electron chi connectivity index (χ0n) is 12.7. The average Bonchev–Trinajstić information content (AvgIpc) is 2.45. The summed E-state index contributed by atoms with van der Waals surface area (Å²) in [6.07, 6.45) is 0.633. The molecule has 0 radical (unpaired) electrons. The van der Waals surface area contributed by atoms with E-state index in [0.29, 0.717) is 17.5 Å². The van der Waals surface area contributed by atoms with Crippen LogP contribution in [0.1, 0.15) is 31.1 Å². The molecule has 0 N–H and O–H groups in total. The minimum atomic E-state index is -0.418. The topological polar surface area (TPSA) is 66.7 Å². The third kappa shape index (κ3) is 3.39. The minimum absolute atomic E-state index is 0.00353. The van der Waals surface area contributed by atoms with Gasteiger partial charge in [0, 0.05) is 43.3 Å². The quantitative estimate of drug-likeness (QED) is 0.486. The Bertz CT molecular complexity index is 544. The van der Waals surface area contributed by atoms with Crippen LogP contribution in [0.25, 0.3) is 0 Å². The van der Waals surface area contributed by atoms with Crippen molar-refractivity contribution in [3.8, 4) is 0 Å². The molecular formula is C15H21N3O3. The second kappa shape index (κ2) is 5.81. The first-order valence-corrected chi connectivity index (χ1v) is 7.06. The molecule has 1 aromatic rings. The molecule has 1 fully saturated rings. The van der Waals surface area contributed by atoms with E-state index in [-0.39, 0.29) is 11.2 Å². The molecule has 1 saturated heterocycles. The first kappa shape index (κ1) is 15.4. The number of aldehydes is 1.